The van der Waals surface area contributed by atoms with Crippen molar-refractivity contribution in [3.8, 4) is 0 Å². The summed E-state index contributed by atoms with van der Waals surface area (Å²) < 4.78 is 0. The highest BCUT2D eigenvalue weighted by atomic mass is 15.2. The van der Waals surface area contributed by atoms with Crippen LogP contribution in [-0.4, -0.2) is 42.7 Å². The van der Waals surface area contributed by atoms with Gasteiger partial charge in [-0.3, -0.25) is 0 Å². The molecule has 1 aliphatic rings. The zero-order chi connectivity index (χ0) is 12.3. The van der Waals surface area contributed by atoms with Gasteiger partial charge in [0.05, 0.1) is 0 Å². The van der Waals surface area contributed by atoms with E-state index in [-0.39, 0.29) is 6.04 Å². The molecule has 0 saturated carbocycles. The topological polar surface area (TPSA) is 58.3 Å². The fourth-order valence-corrected chi connectivity index (χ4v) is 2.16. The van der Waals surface area contributed by atoms with Crippen molar-refractivity contribution in [2.75, 3.05) is 36.5 Å². The van der Waals surface area contributed by atoms with Gasteiger partial charge in [0.2, 0.25) is 0 Å². The molecule has 2 heterocycles. The highest BCUT2D eigenvalue weighted by Crippen LogP contribution is 2.20. The van der Waals surface area contributed by atoms with Gasteiger partial charge in [-0.2, -0.15) is 0 Å². The summed E-state index contributed by atoms with van der Waals surface area (Å²) in [6.45, 7) is 5.07. The molecule has 1 aromatic heterocycles. The summed E-state index contributed by atoms with van der Waals surface area (Å²) in [4.78, 5) is 13.0. The summed E-state index contributed by atoms with van der Waals surface area (Å²) in [5.41, 5.74) is 5.91. The van der Waals surface area contributed by atoms with Crippen LogP contribution in [0.5, 0.6) is 0 Å². The van der Waals surface area contributed by atoms with Crippen molar-refractivity contribution in [2.45, 2.75) is 25.8 Å². The largest absolute Gasteiger partial charge is 0.360 e. The third-order valence-corrected chi connectivity index (χ3v) is 3.14. The van der Waals surface area contributed by atoms with Crippen LogP contribution in [0.2, 0.25) is 0 Å². The maximum absolute atomic E-state index is 5.91. The van der Waals surface area contributed by atoms with Crippen LogP contribution in [0, 0.1) is 0 Å². The Bertz CT molecular complexity index is 368. The Morgan fingerprint density at radius 2 is 2.35 bits per heavy atom. The fourth-order valence-electron chi connectivity index (χ4n) is 2.16. The Morgan fingerprint density at radius 1 is 1.53 bits per heavy atom. The molecule has 0 aromatic carbocycles. The summed E-state index contributed by atoms with van der Waals surface area (Å²) in [6.07, 6.45) is 3.80. The molecular formula is C12H21N5. The smallest absolute Gasteiger partial charge is 0.134 e. The average Bonchev–Trinajstić information content (AvgIpc) is 2.76. The van der Waals surface area contributed by atoms with Crippen LogP contribution in [0.4, 0.5) is 11.6 Å². The predicted molar refractivity (Wildman–Crippen MR) is 70.4 cm³/mol. The molecule has 1 atom stereocenters. The van der Waals surface area contributed by atoms with E-state index in [0.717, 1.165) is 44.1 Å². The van der Waals surface area contributed by atoms with Crippen LogP contribution in [0.1, 0.15) is 19.8 Å². The second-order valence-corrected chi connectivity index (χ2v) is 4.65. The van der Waals surface area contributed by atoms with Crippen molar-refractivity contribution >= 4 is 11.6 Å². The molecule has 2 rings (SSSR count). The summed E-state index contributed by atoms with van der Waals surface area (Å²) in [5, 5.41) is 0. The van der Waals surface area contributed by atoms with Gasteiger partial charge in [-0.05, 0) is 12.8 Å². The number of anilines is 2. The lowest BCUT2D eigenvalue weighted by atomic mass is 10.3. The summed E-state index contributed by atoms with van der Waals surface area (Å²) in [5.74, 6) is 1.98. The first-order valence-corrected chi connectivity index (χ1v) is 6.24. The number of hydrogen-bond donors (Lipinski definition) is 1. The van der Waals surface area contributed by atoms with Gasteiger partial charge in [0.1, 0.15) is 18.0 Å². The summed E-state index contributed by atoms with van der Waals surface area (Å²) in [6, 6.07) is 2.33. The van der Waals surface area contributed by atoms with Crippen LogP contribution >= 0.6 is 0 Å². The van der Waals surface area contributed by atoms with Gasteiger partial charge in [0.25, 0.3) is 0 Å². The zero-order valence-corrected chi connectivity index (χ0v) is 10.6. The number of aromatic nitrogens is 2. The molecule has 1 saturated heterocycles. The third kappa shape index (κ3) is 2.85. The van der Waals surface area contributed by atoms with Gasteiger partial charge in [-0.25, -0.2) is 9.97 Å². The lowest BCUT2D eigenvalue weighted by molar-refractivity contribution is 0.751. The molecule has 0 spiro atoms. The molecule has 0 aliphatic carbocycles. The average molecular weight is 235 g/mol. The Kier molecular flexibility index (Phi) is 3.78. The highest BCUT2D eigenvalue weighted by Gasteiger charge is 2.20. The van der Waals surface area contributed by atoms with E-state index in [0.29, 0.717) is 0 Å². The van der Waals surface area contributed by atoms with Crippen molar-refractivity contribution in [1.29, 1.82) is 0 Å². The van der Waals surface area contributed by atoms with Gasteiger partial charge in [-0.1, -0.05) is 6.92 Å². The van der Waals surface area contributed by atoms with Crippen molar-refractivity contribution in [3.63, 3.8) is 0 Å². The van der Waals surface area contributed by atoms with E-state index in [1.165, 1.54) is 0 Å². The third-order valence-electron chi connectivity index (χ3n) is 3.14. The van der Waals surface area contributed by atoms with Gasteiger partial charge in [0.15, 0.2) is 0 Å². The van der Waals surface area contributed by atoms with Crippen molar-refractivity contribution in [1.82, 2.24) is 9.97 Å². The van der Waals surface area contributed by atoms with E-state index in [9.17, 15) is 0 Å². The van der Waals surface area contributed by atoms with Crippen molar-refractivity contribution < 1.29 is 0 Å². The maximum Gasteiger partial charge on any atom is 0.134 e. The lowest BCUT2D eigenvalue weighted by Crippen LogP contribution is -2.27. The Balaban J connectivity index is 2.11. The molecular weight excluding hydrogens is 214 g/mol. The van der Waals surface area contributed by atoms with E-state index in [1.54, 1.807) is 6.33 Å². The second-order valence-electron chi connectivity index (χ2n) is 4.65. The first kappa shape index (κ1) is 12.1. The summed E-state index contributed by atoms with van der Waals surface area (Å²) >= 11 is 0. The van der Waals surface area contributed by atoms with Crippen LogP contribution in [-0.2, 0) is 0 Å². The molecule has 94 valence electrons. The molecule has 1 aromatic rings. The minimum absolute atomic E-state index is 0.279. The van der Waals surface area contributed by atoms with Crippen LogP contribution in [0.15, 0.2) is 12.4 Å². The standard InChI is InChI=1S/C12H21N5/c1-3-5-16(2)11-7-12(15-9-14-11)17-6-4-10(13)8-17/h7,9-10H,3-6,8,13H2,1-2H3. The van der Waals surface area contributed by atoms with Crippen molar-refractivity contribution in [3.05, 3.63) is 12.4 Å². The fraction of sp³-hybridized carbons (Fsp3) is 0.667. The summed E-state index contributed by atoms with van der Waals surface area (Å²) in [7, 11) is 2.06. The van der Waals surface area contributed by atoms with Gasteiger partial charge in [0, 0.05) is 38.8 Å². The highest BCUT2D eigenvalue weighted by molar-refractivity contribution is 5.50. The molecule has 5 nitrogen and oxygen atoms in total. The number of nitrogens with two attached hydrogens (primary N) is 1. The Hall–Kier alpha value is -1.36. The monoisotopic (exact) mass is 235 g/mol. The maximum atomic E-state index is 5.91. The molecule has 0 amide bonds. The second kappa shape index (κ2) is 5.31. The number of nitrogens with zero attached hydrogens (tertiary/aromatic N) is 4. The molecule has 1 unspecified atom stereocenters. The normalized spacial score (nSPS) is 19.7. The van der Waals surface area contributed by atoms with Crippen molar-refractivity contribution in [2.24, 2.45) is 5.73 Å². The number of rotatable bonds is 4. The molecule has 17 heavy (non-hydrogen) atoms. The predicted octanol–water partition coefficient (Wildman–Crippen LogP) is 0.860. The van der Waals surface area contributed by atoms with Crippen LogP contribution in [0.25, 0.3) is 0 Å². The van der Waals surface area contributed by atoms with E-state index in [1.807, 2.05) is 6.07 Å². The van der Waals surface area contributed by atoms with E-state index in [4.69, 9.17) is 5.73 Å². The molecule has 0 bridgehead atoms. The van der Waals surface area contributed by atoms with Gasteiger partial charge >= 0.3 is 0 Å². The van der Waals surface area contributed by atoms with E-state index < -0.39 is 0 Å². The minimum Gasteiger partial charge on any atom is -0.360 e. The Labute approximate surface area is 103 Å². The van der Waals surface area contributed by atoms with E-state index in [2.05, 4.69) is 33.7 Å². The molecule has 1 fully saturated rings. The van der Waals surface area contributed by atoms with Crippen LogP contribution < -0.4 is 15.5 Å². The minimum atomic E-state index is 0.279. The van der Waals surface area contributed by atoms with Crippen LogP contribution in [0.3, 0.4) is 0 Å². The van der Waals surface area contributed by atoms with Gasteiger partial charge in [-0.15, -0.1) is 0 Å². The first-order valence-electron chi connectivity index (χ1n) is 6.24. The Morgan fingerprint density at radius 3 is 3.00 bits per heavy atom. The number of hydrogen-bond acceptors (Lipinski definition) is 5. The molecule has 0 radical (unpaired) electrons. The quantitative estimate of drug-likeness (QED) is 0.839. The van der Waals surface area contributed by atoms with Gasteiger partial charge < -0.3 is 15.5 Å². The lowest BCUT2D eigenvalue weighted by Gasteiger charge is -2.21. The SMILES string of the molecule is CCCN(C)c1cc(N2CCC(N)C2)ncn1. The zero-order valence-electron chi connectivity index (χ0n) is 10.6. The molecule has 1 aliphatic heterocycles. The van der Waals surface area contributed by atoms with E-state index >= 15 is 0 Å². The molecule has 2 N–H and O–H groups in total. The first-order chi connectivity index (χ1) is 8.20. The molecule has 5 heteroatoms.